The van der Waals surface area contributed by atoms with Crippen molar-refractivity contribution in [3.05, 3.63) is 57.5 Å². The van der Waals surface area contributed by atoms with Crippen LogP contribution in [0.3, 0.4) is 0 Å². The maximum Gasteiger partial charge on any atom is 0.280 e. The summed E-state index contributed by atoms with van der Waals surface area (Å²) in [4.78, 5) is 24.0. The van der Waals surface area contributed by atoms with Gasteiger partial charge in [0, 0.05) is 5.56 Å². The summed E-state index contributed by atoms with van der Waals surface area (Å²) in [5.41, 5.74) is 5.71. The first kappa shape index (κ1) is 13.2. The van der Waals surface area contributed by atoms with E-state index in [1.165, 1.54) is 35.6 Å². The lowest BCUT2D eigenvalue weighted by Gasteiger charge is -2.06. The average Bonchev–Trinajstić information content (AvgIpc) is 2.83. The Morgan fingerprint density at radius 1 is 1.05 bits per heavy atom. The van der Waals surface area contributed by atoms with E-state index in [4.69, 9.17) is 0 Å². The van der Waals surface area contributed by atoms with Crippen LogP contribution in [0.4, 0.5) is 4.39 Å². The summed E-state index contributed by atoms with van der Waals surface area (Å²) >= 11 is 1.29. The number of aryl methyl sites for hydroxylation is 1. The molecule has 0 aliphatic rings. The van der Waals surface area contributed by atoms with Crippen molar-refractivity contribution in [3.63, 3.8) is 0 Å². The third kappa shape index (κ3) is 3.17. The van der Waals surface area contributed by atoms with Gasteiger partial charge in [-0.05, 0) is 48.2 Å². The highest BCUT2D eigenvalue weighted by Crippen LogP contribution is 2.14. The highest BCUT2D eigenvalue weighted by atomic mass is 32.1. The largest absolute Gasteiger partial charge is 0.280 e. The minimum absolute atomic E-state index is 0.268. The van der Waals surface area contributed by atoms with Gasteiger partial charge in [-0.1, -0.05) is 0 Å². The van der Waals surface area contributed by atoms with Crippen LogP contribution in [0.5, 0.6) is 0 Å². The van der Waals surface area contributed by atoms with E-state index in [9.17, 15) is 14.0 Å². The van der Waals surface area contributed by atoms with Crippen LogP contribution in [-0.2, 0) is 0 Å². The second kappa shape index (κ2) is 5.62. The Morgan fingerprint density at radius 2 is 1.68 bits per heavy atom. The van der Waals surface area contributed by atoms with Gasteiger partial charge in [-0.3, -0.25) is 20.4 Å². The van der Waals surface area contributed by atoms with E-state index in [1.54, 1.807) is 5.38 Å². The number of thiophene rings is 1. The molecule has 2 N–H and O–H groups in total. The van der Waals surface area contributed by atoms with Gasteiger partial charge in [0.1, 0.15) is 5.82 Å². The molecule has 2 aromatic rings. The molecule has 0 saturated carbocycles. The molecule has 0 saturated heterocycles. The van der Waals surface area contributed by atoms with Crippen molar-refractivity contribution >= 4 is 23.2 Å². The van der Waals surface area contributed by atoms with Gasteiger partial charge in [-0.2, -0.15) is 0 Å². The molecule has 0 unspecified atom stereocenters. The number of amides is 2. The maximum absolute atomic E-state index is 12.7. The zero-order chi connectivity index (χ0) is 13.8. The minimum atomic E-state index is -0.498. The van der Waals surface area contributed by atoms with E-state index in [0.717, 1.165) is 5.56 Å². The lowest BCUT2D eigenvalue weighted by atomic mass is 10.2. The fourth-order valence-electron chi connectivity index (χ4n) is 1.45. The van der Waals surface area contributed by atoms with Gasteiger partial charge >= 0.3 is 0 Å². The fraction of sp³-hybridized carbons (Fsp3) is 0.0769. The van der Waals surface area contributed by atoms with Crippen molar-refractivity contribution in [3.8, 4) is 0 Å². The summed E-state index contributed by atoms with van der Waals surface area (Å²) in [7, 11) is 0. The molecule has 19 heavy (non-hydrogen) atoms. The first-order valence-corrected chi connectivity index (χ1v) is 6.36. The molecule has 2 amide bonds. The molecule has 0 radical (unpaired) electrons. The molecule has 0 atom stereocenters. The Kier molecular flexibility index (Phi) is 3.91. The number of carbonyl (C=O) groups excluding carboxylic acids is 2. The number of carbonyl (C=O) groups is 2. The zero-order valence-electron chi connectivity index (χ0n) is 10.1. The first-order valence-electron chi connectivity index (χ1n) is 5.48. The van der Waals surface area contributed by atoms with Crippen LogP contribution in [0.2, 0.25) is 0 Å². The zero-order valence-corrected chi connectivity index (χ0v) is 10.9. The quantitative estimate of drug-likeness (QED) is 0.828. The number of halogens is 1. The lowest BCUT2D eigenvalue weighted by molar-refractivity contribution is 0.0848. The molecule has 1 aromatic carbocycles. The first-order chi connectivity index (χ1) is 9.08. The highest BCUT2D eigenvalue weighted by molar-refractivity contribution is 7.12. The van der Waals surface area contributed by atoms with Gasteiger partial charge in [0.15, 0.2) is 0 Å². The average molecular weight is 278 g/mol. The van der Waals surface area contributed by atoms with Gasteiger partial charge < -0.3 is 0 Å². The van der Waals surface area contributed by atoms with Gasteiger partial charge in [0.2, 0.25) is 0 Å². The van der Waals surface area contributed by atoms with Gasteiger partial charge in [0.05, 0.1) is 4.88 Å². The van der Waals surface area contributed by atoms with E-state index in [0.29, 0.717) is 4.88 Å². The van der Waals surface area contributed by atoms with E-state index < -0.39 is 11.7 Å². The number of nitrogens with one attached hydrogen (secondary N) is 2. The lowest BCUT2D eigenvalue weighted by Crippen LogP contribution is -2.41. The molecule has 2 rings (SSSR count). The minimum Gasteiger partial charge on any atom is -0.267 e. The molecule has 0 fully saturated rings. The van der Waals surface area contributed by atoms with Crippen LogP contribution >= 0.6 is 11.3 Å². The molecule has 6 heteroatoms. The summed E-state index contributed by atoms with van der Waals surface area (Å²) in [6, 6.07) is 6.86. The molecular formula is C13H11FN2O2S. The van der Waals surface area contributed by atoms with Gasteiger partial charge in [-0.15, -0.1) is 11.3 Å². The van der Waals surface area contributed by atoms with Crippen LogP contribution in [0.1, 0.15) is 25.6 Å². The van der Waals surface area contributed by atoms with E-state index in [1.807, 2.05) is 13.0 Å². The van der Waals surface area contributed by atoms with Gasteiger partial charge in [0.25, 0.3) is 11.8 Å². The summed E-state index contributed by atoms with van der Waals surface area (Å²) in [5, 5.41) is 1.80. The molecule has 1 heterocycles. The number of hydrogen-bond acceptors (Lipinski definition) is 3. The Labute approximate surface area is 113 Å². The van der Waals surface area contributed by atoms with Crippen molar-refractivity contribution in [2.24, 2.45) is 0 Å². The summed E-state index contributed by atoms with van der Waals surface area (Å²) < 4.78 is 12.7. The number of rotatable bonds is 2. The predicted molar refractivity (Wildman–Crippen MR) is 70.4 cm³/mol. The smallest absolute Gasteiger partial charge is 0.267 e. The Hall–Kier alpha value is -2.21. The number of hydrazine groups is 1. The summed E-state index contributed by atoms with van der Waals surface area (Å²) in [5.74, 6) is -1.29. The van der Waals surface area contributed by atoms with Crippen molar-refractivity contribution in [1.29, 1.82) is 0 Å². The summed E-state index contributed by atoms with van der Waals surface area (Å²) in [6.45, 7) is 1.81. The molecule has 0 aliphatic carbocycles. The molecular weight excluding hydrogens is 267 g/mol. The van der Waals surface area contributed by atoms with E-state index in [-0.39, 0.29) is 11.5 Å². The third-order valence-corrected chi connectivity index (χ3v) is 3.48. The maximum atomic E-state index is 12.7. The molecule has 98 valence electrons. The Balaban J connectivity index is 1.96. The Morgan fingerprint density at radius 3 is 2.26 bits per heavy atom. The van der Waals surface area contributed by atoms with Gasteiger partial charge in [-0.25, -0.2) is 4.39 Å². The second-order valence-corrected chi connectivity index (χ2v) is 4.76. The Bertz CT molecular complexity index is 607. The van der Waals surface area contributed by atoms with Crippen molar-refractivity contribution in [2.45, 2.75) is 6.92 Å². The van der Waals surface area contributed by atoms with Crippen molar-refractivity contribution < 1.29 is 14.0 Å². The van der Waals surface area contributed by atoms with Crippen LogP contribution in [-0.4, -0.2) is 11.8 Å². The van der Waals surface area contributed by atoms with E-state index in [2.05, 4.69) is 10.9 Å². The molecule has 4 nitrogen and oxygen atoms in total. The topological polar surface area (TPSA) is 58.2 Å². The molecule has 0 spiro atoms. The number of hydrogen-bond donors (Lipinski definition) is 2. The van der Waals surface area contributed by atoms with Crippen LogP contribution in [0.15, 0.2) is 35.7 Å². The van der Waals surface area contributed by atoms with Crippen molar-refractivity contribution in [2.75, 3.05) is 0 Å². The monoisotopic (exact) mass is 278 g/mol. The second-order valence-electron chi connectivity index (χ2n) is 3.85. The molecule has 0 bridgehead atoms. The molecule has 0 aliphatic heterocycles. The van der Waals surface area contributed by atoms with Crippen LogP contribution < -0.4 is 10.9 Å². The molecule has 1 aromatic heterocycles. The van der Waals surface area contributed by atoms with Crippen molar-refractivity contribution in [1.82, 2.24) is 10.9 Å². The highest BCUT2D eigenvalue weighted by Gasteiger charge is 2.12. The normalized spacial score (nSPS) is 10.0. The standard InChI is InChI=1S/C13H11FN2O2S/c1-8-6-7-19-11(8)13(18)16-15-12(17)9-2-4-10(14)5-3-9/h2-7H,1H3,(H,15,17)(H,16,18). The van der Waals surface area contributed by atoms with Crippen LogP contribution in [0.25, 0.3) is 0 Å². The number of benzene rings is 1. The SMILES string of the molecule is Cc1ccsc1C(=O)NNC(=O)c1ccc(F)cc1. The van der Waals surface area contributed by atoms with E-state index >= 15 is 0 Å². The fourth-order valence-corrected chi connectivity index (χ4v) is 2.27. The van der Waals surface area contributed by atoms with Crippen LogP contribution in [0, 0.1) is 12.7 Å². The predicted octanol–water partition coefficient (Wildman–Crippen LogP) is 2.27. The third-order valence-electron chi connectivity index (χ3n) is 2.46. The summed E-state index contributed by atoms with van der Waals surface area (Å²) in [6.07, 6.45) is 0.